The van der Waals surface area contributed by atoms with Crippen LogP contribution in [0, 0.1) is 12.8 Å². The fourth-order valence-electron chi connectivity index (χ4n) is 4.50. The Bertz CT molecular complexity index is 1230. The molecule has 4 unspecified atom stereocenters. The molecule has 1 aliphatic carbocycles. The number of carbonyl (C=O) groups is 4. The monoisotopic (exact) mass is 553 g/mol. The van der Waals surface area contributed by atoms with Gasteiger partial charge in [-0.25, -0.2) is 4.79 Å². The standard InChI is InChI=1S/C30H39N3O7/c1-18-11-10-14-21(26(18)35)25(27(36)31-17-24(34)39-6)33(23-15-19(23)2)28(37)22(16-20-12-8-7-9-13-20)32-29(38)40-30(3,4)5/h7-14,19,22-23,25,35H,15-17H2,1-6H3,(H,31,36)(H,32,38). The number of esters is 1. The molecule has 3 N–H and O–H groups in total. The lowest BCUT2D eigenvalue weighted by atomic mass is 9.97. The Balaban J connectivity index is 2.06. The molecule has 0 spiro atoms. The summed E-state index contributed by atoms with van der Waals surface area (Å²) >= 11 is 0. The number of hydrogen-bond donors (Lipinski definition) is 3. The number of benzene rings is 2. The molecule has 4 atom stereocenters. The van der Waals surface area contributed by atoms with Gasteiger partial charge >= 0.3 is 12.1 Å². The number of nitrogens with zero attached hydrogens (tertiary/aromatic N) is 1. The van der Waals surface area contributed by atoms with E-state index in [9.17, 15) is 24.3 Å². The molecule has 10 nitrogen and oxygen atoms in total. The van der Waals surface area contributed by atoms with Crippen LogP contribution in [0.25, 0.3) is 0 Å². The molecule has 10 heteroatoms. The van der Waals surface area contributed by atoms with E-state index >= 15 is 0 Å². The second kappa shape index (κ2) is 12.8. The van der Waals surface area contributed by atoms with Gasteiger partial charge in [0.05, 0.1) is 7.11 Å². The lowest BCUT2D eigenvalue weighted by Gasteiger charge is -2.35. The molecule has 1 fully saturated rings. The van der Waals surface area contributed by atoms with Crippen LogP contribution >= 0.6 is 0 Å². The van der Waals surface area contributed by atoms with E-state index in [-0.39, 0.29) is 29.7 Å². The van der Waals surface area contributed by atoms with Crippen LogP contribution in [0.5, 0.6) is 5.75 Å². The lowest BCUT2D eigenvalue weighted by Crippen LogP contribution is -2.55. The minimum Gasteiger partial charge on any atom is -0.507 e. The molecule has 2 aromatic rings. The maximum Gasteiger partial charge on any atom is 0.408 e. The van der Waals surface area contributed by atoms with Crippen molar-refractivity contribution in [3.05, 3.63) is 65.2 Å². The average Bonchev–Trinajstić information content (AvgIpc) is 3.61. The molecule has 0 heterocycles. The van der Waals surface area contributed by atoms with Crippen LogP contribution in [0.3, 0.4) is 0 Å². The molecule has 3 amide bonds. The molecule has 1 aliphatic rings. The molecular weight excluding hydrogens is 514 g/mol. The summed E-state index contributed by atoms with van der Waals surface area (Å²) in [6.07, 6.45) is 0.00632. The molecule has 0 saturated heterocycles. The van der Waals surface area contributed by atoms with Crippen molar-refractivity contribution in [3.8, 4) is 5.75 Å². The number of alkyl carbamates (subject to hydrolysis) is 1. The van der Waals surface area contributed by atoms with Crippen LogP contribution in [-0.4, -0.2) is 65.2 Å². The van der Waals surface area contributed by atoms with Crippen molar-refractivity contribution in [2.75, 3.05) is 13.7 Å². The van der Waals surface area contributed by atoms with Crippen LogP contribution < -0.4 is 10.6 Å². The zero-order valence-corrected chi connectivity index (χ0v) is 23.9. The maximum atomic E-state index is 14.4. The van der Waals surface area contributed by atoms with Gasteiger partial charge in [-0.2, -0.15) is 0 Å². The first-order valence-corrected chi connectivity index (χ1v) is 13.3. The predicted octanol–water partition coefficient (Wildman–Crippen LogP) is 3.40. The molecule has 0 aliphatic heterocycles. The summed E-state index contributed by atoms with van der Waals surface area (Å²) < 4.78 is 10.1. The Morgan fingerprint density at radius 1 is 1.07 bits per heavy atom. The Labute approximate surface area is 235 Å². The lowest BCUT2D eigenvalue weighted by molar-refractivity contribution is -0.145. The number of methoxy groups -OCH3 is 1. The number of carbonyl (C=O) groups excluding carboxylic acids is 4. The number of amides is 3. The Morgan fingerprint density at radius 2 is 1.73 bits per heavy atom. The molecule has 0 aromatic heterocycles. The summed E-state index contributed by atoms with van der Waals surface area (Å²) in [5.74, 6) is -1.89. The van der Waals surface area contributed by atoms with Crippen LogP contribution in [0.1, 0.15) is 56.8 Å². The van der Waals surface area contributed by atoms with Crippen molar-refractivity contribution >= 4 is 23.9 Å². The van der Waals surface area contributed by atoms with Gasteiger partial charge in [0.2, 0.25) is 11.8 Å². The predicted molar refractivity (Wildman–Crippen MR) is 148 cm³/mol. The number of rotatable bonds is 10. The fourth-order valence-corrected chi connectivity index (χ4v) is 4.50. The fraction of sp³-hybridized carbons (Fsp3) is 0.467. The molecule has 3 rings (SSSR count). The SMILES string of the molecule is COC(=O)CNC(=O)C(c1cccc(C)c1O)N(C(=O)C(Cc1ccccc1)NC(=O)OC(C)(C)C)C1CC1C. The Kier molecular flexibility index (Phi) is 9.78. The first-order chi connectivity index (χ1) is 18.8. The summed E-state index contributed by atoms with van der Waals surface area (Å²) in [7, 11) is 1.20. The zero-order valence-electron chi connectivity index (χ0n) is 23.9. The van der Waals surface area contributed by atoms with Crippen molar-refractivity contribution in [1.82, 2.24) is 15.5 Å². The number of aromatic hydroxyl groups is 1. The van der Waals surface area contributed by atoms with Gasteiger partial charge in [0, 0.05) is 18.0 Å². The Morgan fingerprint density at radius 3 is 2.30 bits per heavy atom. The van der Waals surface area contributed by atoms with Crippen LogP contribution in [0.15, 0.2) is 48.5 Å². The summed E-state index contributed by atoms with van der Waals surface area (Å²) in [4.78, 5) is 54.1. The van der Waals surface area contributed by atoms with Crippen molar-refractivity contribution in [3.63, 3.8) is 0 Å². The van der Waals surface area contributed by atoms with Crippen molar-refractivity contribution in [2.45, 2.75) is 71.2 Å². The molecule has 40 heavy (non-hydrogen) atoms. The molecular formula is C30H39N3O7. The topological polar surface area (TPSA) is 134 Å². The maximum absolute atomic E-state index is 14.4. The molecule has 2 aromatic carbocycles. The highest BCUT2D eigenvalue weighted by molar-refractivity contribution is 5.94. The number of para-hydroxylation sites is 1. The van der Waals surface area contributed by atoms with E-state index in [1.165, 1.54) is 12.0 Å². The summed E-state index contributed by atoms with van der Waals surface area (Å²) in [5.41, 5.74) is 0.738. The van der Waals surface area contributed by atoms with Gasteiger partial charge in [-0.15, -0.1) is 0 Å². The largest absolute Gasteiger partial charge is 0.507 e. The third-order valence-corrected chi connectivity index (χ3v) is 6.68. The second-order valence-electron chi connectivity index (χ2n) is 11.1. The molecule has 0 bridgehead atoms. The van der Waals surface area contributed by atoms with E-state index in [0.29, 0.717) is 12.0 Å². The van der Waals surface area contributed by atoms with Gasteiger partial charge < -0.3 is 30.1 Å². The number of phenols is 1. The van der Waals surface area contributed by atoms with Crippen LogP contribution in [-0.2, 0) is 30.3 Å². The number of nitrogens with one attached hydrogen (secondary N) is 2. The summed E-state index contributed by atoms with van der Waals surface area (Å²) in [6, 6.07) is 11.5. The van der Waals surface area contributed by atoms with Gasteiger partial charge in [-0.05, 0) is 51.2 Å². The van der Waals surface area contributed by atoms with E-state index in [4.69, 9.17) is 4.74 Å². The highest BCUT2D eigenvalue weighted by Gasteiger charge is 2.49. The number of phenolic OH excluding ortho intramolecular Hbond substituents is 1. The van der Waals surface area contributed by atoms with Crippen molar-refractivity contribution in [2.24, 2.45) is 5.92 Å². The van der Waals surface area contributed by atoms with Crippen molar-refractivity contribution in [1.29, 1.82) is 0 Å². The van der Waals surface area contributed by atoms with Crippen LogP contribution in [0.4, 0.5) is 4.79 Å². The molecule has 0 radical (unpaired) electrons. The normalized spacial score (nSPS) is 17.6. The third kappa shape index (κ3) is 7.97. The van der Waals surface area contributed by atoms with E-state index in [0.717, 1.165) is 5.56 Å². The Hall–Kier alpha value is -4.08. The smallest absolute Gasteiger partial charge is 0.408 e. The summed E-state index contributed by atoms with van der Waals surface area (Å²) in [6.45, 7) is 8.40. The first-order valence-electron chi connectivity index (χ1n) is 13.3. The highest BCUT2D eigenvalue weighted by atomic mass is 16.6. The second-order valence-corrected chi connectivity index (χ2v) is 11.1. The number of ether oxygens (including phenoxy) is 2. The van der Waals surface area contributed by atoms with Gasteiger partial charge in [0.25, 0.3) is 0 Å². The average molecular weight is 554 g/mol. The van der Waals surface area contributed by atoms with Crippen LogP contribution in [0.2, 0.25) is 0 Å². The minimum absolute atomic E-state index is 0.0747. The third-order valence-electron chi connectivity index (χ3n) is 6.68. The first kappa shape index (κ1) is 30.5. The van der Waals surface area contributed by atoms with Gasteiger partial charge in [-0.3, -0.25) is 14.4 Å². The van der Waals surface area contributed by atoms with E-state index in [2.05, 4.69) is 15.4 Å². The van der Waals surface area contributed by atoms with E-state index in [1.807, 2.05) is 37.3 Å². The van der Waals surface area contributed by atoms with Gasteiger partial charge in [0.1, 0.15) is 30.0 Å². The van der Waals surface area contributed by atoms with E-state index in [1.54, 1.807) is 45.9 Å². The summed E-state index contributed by atoms with van der Waals surface area (Å²) in [5, 5.41) is 16.2. The molecule has 216 valence electrons. The highest BCUT2D eigenvalue weighted by Crippen LogP contribution is 2.43. The van der Waals surface area contributed by atoms with Gasteiger partial charge in [-0.1, -0.05) is 55.5 Å². The van der Waals surface area contributed by atoms with Crippen molar-refractivity contribution < 1.29 is 33.8 Å². The zero-order chi connectivity index (χ0) is 29.6. The quantitative estimate of drug-likeness (QED) is 0.384. The number of hydrogen-bond acceptors (Lipinski definition) is 7. The van der Waals surface area contributed by atoms with E-state index < -0.39 is 48.1 Å². The minimum atomic E-state index is -1.27. The number of aryl methyl sites for hydroxylation is 1. The molecule has 1 saturated carbocycles. The van der Waals surface area contributed by atoms with Gasteiger partial charge in [0.15, 0.2) is 0 Å².